The minimum atomic E-state index is -4.98. The molecule has 216 valence electrons. The van der Waals surface area contributed by atoms with E-state index in [2.05, 4.69) is 14.8 Å². The van der Waals surface area contributed by atoms with E-state index in [4.69, 9.17) is 0 Å². The lowest BCUT2D eigenvalue weighted by Crippen LogP contribution is -2.41. The molecule has 0 radical (unpaired) electrons. The molecule has 11 heteroatoms. The Labute approximate surface area is 231 Å². The molecule has 0 fully saturated rings. The second kappa shape index (κ2) is 12.1. The zero-order valence-electron chi connectivity index (χ0n) is 21.3. The van der Waals surface area contributed by atoms with Gasteiger partial charge in [-0.25, -0.2) is 4.39 Å². The molecule has 0 atom stereocenters. The van der Waals surface area contributed by atoms with Crippen LogP contribution in [0.3, 0.4) is 0 Å². The molecule has 0 amide bonds. The molecular weight excluding hydrogens is 555 g/mol. The summed E-state index contributed by atoms with van der Waals surface area (Å²) in [6.07, 6.45) is -9.83. The van der Waals surface area contributed by atoms with Gasteiger partial charge in [0.15, 0.2) is 11.6 Å². The van der Waals surface area contributed by atoms with Crippen molar-refractivity contribution in [3.05, 3.63) is 125 Å². The van der Waals surface area contributed by atoms with E-state index in [1.54, 1.807) is 42.5 Å². The van der Waals surface area contributed by atoms with Gasteiger partial charge in [-0.15, -0.1) is 26.3 Å². The molecule has 41 heavy (non-hydrogen) atoms. The Morgan fingerprint density at radius 3 is 1.73 bits per heavy atom. The first-order chi connectivity index (χ1) is 19.3. The first-order valence-corrected chi connectivity index (χ1v) is 12.3. The molecular formula is C30H24F7NO3. The highest BCUT2D eigenvalue weighted by molar-refractivity contribution is 5.47. The fraction of sp³-hybridized carbons (Fsp3) is 0.200. The Hall–Kier alpha value is -4.25. The maximum Gasteiger partial charge on any atom is 0.573 e. The van der Waals surface area contributed by atoms with Gasteiger partial charge in [0.25, 0.3) is 0 Å². The molecule has 4 aromatic carbocycles. The van der Waals surface area contributed by atoms with Crippen molar-refractivity contribution >= 4 is 0 Å². The minimum absolute atomic E-state index is 0.0528. The average molecular weight is 580 g/mol. The maximum absolute atomic E-state index is 13.9. The number of nitrogens with one attached hydrogen (secondary N) is 1. The van der Waals surface area contributed by atoms with E-state index >= 15 is 0 Å². The zero-order chi connectivity index (χ0) is 29.7. The highest BCUT2D eigenvalue weighted by atomic mass is 19.4. The first-order valence-electron chi connectivity index (χ1n) is 12.3. The van der Waals surface area contributed by atoms with Gasteiger partial charge >= 0.3 is 12.7 Å². The number of aromatic hydroxyl groups is 1. The number of phenols is 1. The first kappa shape index (κ1) is 29.7. The molecule has 4 rings (SSSR count). The molecule has 4 nitrogen and oxygen atoms in total. The summed E-state index contributed by atoms with van der Waals surface area (Å²) in [4.78, 5) is 0. The molecule has 2 N–H and O–H groups in total. The molecule has 0 aliphatic heterocycles. The molecule has 0 saturated heterocycles. The summed E-state index contributed by atoms with van der Waals surface area (Å²) in [6.45, 7) is -0.111. The Morgan fingerprint density at radius 2 is 1.20 bits per heavy atom. The molecule has 0 saturated carbocycles. The largest absolute Gasteiger partial charge is 0.573 e. The molecule has 0 aromatic heterocycles. The minimum Gasteiger partial charge on any atom is -0.505 e. The van der Waals surface area contributed by atoms with Crippen LogP contribution in [0.15, 0.2) is 97.1 Å². The lowest BCUT2D eigenvalue weighted by atomic mass is 9.70. The Balaban J connectivity index is 1.85. The number of rotatable bonds is 10. The summed E-state index contributed by atoms with van der Waals surface area (Å²) >= 11 is 0. The van der Waals surface area contributed by atoms with Crippen LogP contribution < -0.4 is 14.8 Å². The second-order valence-electron chi connectivity index (χ2n) is 9.25. The van der Waals surface area contributed by atoms with Gasteiger partial charge in [0.1, 0.15) is 11.5 Å². The van der Waals surface area contributed by atoms with E-state index in [0.717, 1.165) is 23.8 Å². The van der Waals surface area contributed by atoms with Gasteiger partial charge in [0.2, 0.25) is 0 Å². The fourth-order valence-corrected chi connectivity index (χ4v) is 4.68. The van der Waals surface area contributed by atoms with Gasteiger partial charge in [0.05, 0.1) is 0 Å². The molecule has 4 aromatic rings. The summed E-state index contributed by atoms with van der Waals surface area (Å²) in [7, 11) is 0. The van der Waals surface area contributed by atoms with Crippen molar-refractivity contribution in [2.45, 2.75) is 31.1 Å². The highest BCUT2D eigenvalue weighted by Gasteiger charge is 2.38. The number of benzene rings is 4. The zero-order valence-corrected chi connectivity index (χ0v) is 21.3. The van der Waals surface area contributed by atoms with Crippen LogP contribution in [-0.4, -0.2) is 24.4 Å². The number of alkyl halides is 6. The normalized spacial score (nSPS) is 12.3. The lowest BCUT2D eigenvalue weighted by Gasteiger charge is -2.36. The molecule has 0 unspecified atom stereocenters. The Morgan fingerprint density at radius 1 is 0.659 bits per heavy atom. The number of halogens is 7. The van der Waals surface area contributed by atoms with Crippen molar-refractivity contribution < 1.29 is 45.3 Å². The molecule has 0 heterocycles. The topological polar surface area (TPSA) is 50.7 Å². The van der Waals surface area contributed by atoms with E-state index in [1.807, 2.05) is 0 Å². The van der Waals surface area contributed by atoms with Crippen molar-refractivity contribution in [2.24, 2.45) is 0 Å². The lowest BCUT2D eigenvalue weighted by molar-refractivity contribution is -0.275. The monoisotopic (exact) mass is 579 g/mol. The van der Waals surface area contributed by atoms with E-state index in [-0.39, 0.29) is 25.1 Å². The van der Waals surface area contributed by atoms with Crippen LogP contribution in [0.1, 0.15) is 22.3 Å². The van der Waals surface area contributed by atoms with Gasteiger partial charge in [-0.1, -0.05) is 66.7 Å². The number of hydrogen-bond acceptors (Lipinski definition) is 4. The number of ether oxygens (including phenoxy) is 2. The fourth-order valence-electron chi connectivity index (χ4n) is 4.68. The SMILES string of the molecule is Oc1c(F)cccc1CNCC(Cc1ccccc1)(c1cccc(OC(F)(F)F)c1)c1cccc(OC(F)(F)F)c1. The van der Waals surface area contributed by atoms with E-state index in [9.17, 15) is 35.8 Å². The third-order valence-corrected chi connectivity index (χ3v) is 6.40. The van der Waals surface area contributed by atoms with Crippen molar-refractivity contribution in [2.75, 3.05) is 6.54 Å². The van der Waals surface area contributed by atoms with Gasteiger partial charge in [-0.2, -0.15) is 0 Å². The third-order valence-electron chi connectivity index (χ3n) is 6.40. The highest BCUT2D eigenvalue weighted by Crippen LogP contribution is 2.40. The van der Waals surface area contributed by atoms with Crippen LogP contribution in [-0.2, 0) is 18.4 Å². The number of hydrogen-bond donors (Lipinski definition) is 2. The second-order valence-corrected chi connectivity index (χ2v) is 9.25. The number of para-hydroxylation sites is 1. The Kier molecular flexibility index (Phi) is 8.77. The quantitative estimate of drug-likeness (QED) is 0.190. The van der Waals surface area contributed by atoms with Crippen LogP contribution in [0.2, 0.25) is 0 Å². The third kappa shape index (κ3) is 7.91. The van der Waals surface area contributed by atoms with Crippen molar-refractivity contribution in [3.8, 4) is 17.2 Å². The van der Waals surface area contributed by atoms with Crippen LogP contribution in [0.5, 0.6) is 17.2 Å². The summed E-state index contributed by atoms with van der Waals surface area (Å²) in [5.41, 5.74) is 0.237. The Bertz CT molecular complexity index is 1400. The standard InChI is InChI=1S/C30H24F7NO3/c31-26-14-4-9-21(27(26)39)18-38-19-28(17-20-7-2-1-3-8-20,22-10-5-12-24(15-22)40-29(32,33)34)23-11-6-13-25(16-23)41-30(35,36)37/h1-16,38-39H,17-19H2. The van der Waals surface area contributed by atoms with Crippen molar-refractivity contribution in [1.82, 2.24) is 5.32 Å². The summed E-state index contributed by atoms with van der Waals surface area (Å²) in [5.74, 6) is -2.44. The van der Waals surface area contributed by atoms with Crippen LogP contribution in [0, 0.1) is 5.82 Å². The van der Waals surface area contributed by atoms with Crippen molar-refractivity contribution in [1.29, 1.82) is 0 Å². The van der Waals surface area contributed by atoms with Crippen LogP contribution in [0.25, 0.3) is 0 Å². The van der Waals surface area contributed by atoms with Crippen molar-refractivity contribution in [3.63, 3.8) is 0 Å². The summed E-state index contributed by atoms with van der Waals surface area (Å²) in [5, 5.41) is 13.2. The smallest absolute Gasteiger partial charge is 0.505 e. The van der Waals surface area contributed by atoms with Gasteiger partial charge < -0.3 is 19.9 Å². The predicted octanol–water partition coefficient (Wildman–Crippen LogP) is 7.65. The molecule has 0 bridgehead atoms. The van der Waals surface area contributed by atoms with Crippen LogP contribution >= 0.6 is 0 Å². The van der Waals surface area contributed by atoms with Gasteiger partial charge in [-0.05, 0) is 53.4 Å². The van der Waals surface area contributed by atoms with E-state index < -0.39 is 41.2 Å². The summed E-state index contributed by atoms with van der Waals surface area (Å²) in [6, 6.07) is 23.2. The molecule has 0 aliphatic carbocycles. The molecule has 0 aliphatic rings. The number of phenolic OH excluding ortho intramolecular Hbond substituents is 1. The predicted molar refractivity (Wildman–Crippen MR) is 137 cm³/mol. The van der Waals surface area contributed by atoms with E-state index in [1.165, 1.54) is 36.4 Å². The maximum atomic E-state index is 13.9. The van der Waals surface area contributed by atoms with E-state index in [0.29, 0.717) is 11.1 Å². The molecule has 0 spiro atoms. The van der Waals surface area contributed by atoms with Gasteiger partial charge in [0, 0.05) is 24.1 Å². The van der Waals surface area contributed by atoms with Gasteiger partial charge in [-0.3, -0.25) is 0 Å². The summed E-state index contributed by atoms with van der Waals surface area (Å²) < 4.78 is 101. The van der Waals surface area contributed by atoms with Crippen LogP contribution in [0.4, 0.5) is 30.7 Å². The average Bonchev–Trinajstić information content (AvgIpc) is 2.89.